The summed E-state index contributed by atoms with van der Waals surface area (Å²) >= 11 is 12.0. The van der Waals surface area contributed by atoms with Gasteiger partial charge in [0.15, 0.2) is 0 Å². The molecule has 1 N–H and O–H groups in total. The Labute approximate surface area is 93.2 Å². The first-order chi connectivity index (χ1) is 6.68. The van der Waals surface area contributed by atoms with Gasteiger partial charge < -0.3 is 10.1 Å². The molecule has 4 heteroatoms. The summed E-state index contributed by atoms with van der Waals surface area (Å²) in [5.74, 6) is 0. The Morgan fingerprint density at radius 1 is 1.36 bits per heavy atom. The van der Waals surface area contributed by atoms with E-state index >= 15 is 0 Å². The Balaban J connectivity index is 2.40. The molecule has 2 nitrogen and oxygen atoms in total. The fourth-order valence-corrected chi connectivity index (χ4v) is 2.21. The van der Waals surface area contributed by atoms with Gasteiger partial charge in [-0.15, -0.1) is 0 Å². The molecule has 0 saturated carbocycles. The lowest BCUT2D eigenvalue weighted by molar-refractivity contribution is -0.0747. The van der Waals surface area contributed by atoms with E-state index in [0.29, 0.717) is 23.3 Å². The van der Waals surface area contributed by atoms with E-state index in [2.05, 4.69) is 5.32 Å². The fraction of sp³-hybridized carbons (Fsp3) is 0.400. The van der Waals surface area contributed by atoms with Gasteiger partial charge >= 0.3 is 0 Å². The summed E-state index contributed by atoms with van der Waals surface area (Å²) < 4.78 is 5.21. The second kappa shape index (κ2) is 3.70. The van der Waals surface area contributed by atoms with Crippen molar-refractivity contribution < 1.29 is 4.74 Å². The lowest BCUT2D eigenvalue weighted by Crippen LogP contribution is -2.56. The average molecular weight is 232 g/mol. The zero-order chi connectivity index (χ0) is 10.2. The third kappa shape index (κ3) is 1.52. The second-order valence-corrected chi connectivity index (χ2v) is 4.29. The minimum absolute atomic E-state index is 0.123. The number of hydrogen-bond donors (Lipinski definition) is 1. The molecule has 0 atom stereocenters. The zero-order valence-corrected chi connectivity index (χ0v) is 9.32. The monoisotopic (exact) mass is 231 g/mol. The van der Waals surface area contributed by atoms with E-state index in [4.69, 9.17) is 27.9 Å². The van der Waals surface area contributed by atoms with Crippen molar-refractivity contribution in [2.45, 2.75) is 5.54 Å². The first kappa shape index (κ1) is 10.2. The molecule has 1 fully saturated rings. The largest absolute Gasteiger partial charge is 0.377 e. The molecule has 1 saturated heterocycles. The molecule has 76 valence electrons. The fourth-order valence-electron chi connectivity index (χ4n) is 1.62. The molecule has 0 unspecified atom stereocenters. The standard InChI is InChI=1S/C10H11Cl2NO/c1-13-10(5-14-6-10)8-3-2-7(11)4-9(8)12/h2-4,13H,5-6H2,1H3. The highest BCUT2D eigenvalue weighted by atomic mass is 35.5. The van der Waals surface area contributed by atoms with Crippen molar-refractivity contribution in [1.29, 1.82) is 0 Å². The highest BCUT2D eigenvalue weighted by Crippen LogP contribution is 2.35. The summed E-state index contributed by atoms with van der Waals surface area (Å²) in [6.07, 6.45) is 0. The van der Waals surface area contributed by atoms with Gasteiger partial charge in [0.05, 0.1) is 18.8 Å². The van der Waals surface area contributed by atoms with Gasteiger partial charge in [-0.1, -0.05) is 29.3 Å². The minimum atomic E-state index is -0.123. The van der Waals surface area contributed by atoms with Crippen LogP contribution in [0.2, 0.25) is 10.0 Å². The topological polar surface area (TPSA) is 21.3 Å². The van der Waals surface area contributed by atoms with E-state index < -0.39 is 0 Å². The van der Waals surface area contributed by atoms with Crippen LogP contribution in [-0.2, 0) is 10.3 Å². The van der Waals surface area contributed by atoms with E-state index in [-0.39, 0.29) is 5.54 Å². The van der Waals surface area contributed by atoms with E-state index in [9.17, 15) is 0 Å². The normalized spacial score (nSPS) is 19.1. The summed E-state index contributed by atoms with van der Waals surface area (Å²) in [4.78, 5) is 0. The van der Waals surface area contributed by atoms with E-state index in [0.717, 1.165) is 5.56 Å². The van der Waals surface area contributed by atoms with Crippen molar-refractivity contribution in [2.24, 2.45) is 0 Å². The van der Waals surface area contributed by atoms with Gasteiger partial charge in [-0.3, -0.25) is 0 Å². The quantitative estimate of drug-likeness (QED) is 0.845. The van der Waals surface area contributed by atoms with Gasteiger partial charge in [0.1, 0.15) is 0 Å². The highest BCUT2D eigenvalue weighted by Gasteiger charge is 2.40. The van der Waals surface area contributed by atoms with E-state index in [1.165, 1.54) is 0 Å². The van der Waals surface area contributed by atoms with Gasteiger partial charge in [-0.25, -0.2) is 0 Å². The Kier molecular flexibility index (Phi) is 2.71. The van der Waals surface area contributed by atoms with E-state index in [1.54, 1.807) is 6.07 Å². The molecule has 0 aromatic heterocycles. The van der Waals surface area contributed by atoms with Crippen LogP contribution in [0.3, 0.4) is 0 Å². The van der Waals surface area contributed by atoms with Crippen LogP contribution < -0.4 is 5.32 Å². The van der Waals surface area contributed by atoms with Gasteiger partial charge in [-0.05, 0) is 24.7 Å². The number of likely N-dealkylation sites (N-methyl/N-ethyl adjacent to an activating group) is 1. The predicted octanol–water partition coefficient (Wildman–Crippen LogP) is 2.44. The first-order valence-corrected chi connectivity index (χ1v) is 5.16. The number of rotatable bonds is 2. The molecular weight excluding hydrogens is 221 g/mol. The third-order valence-corrected chi connectivity index (χ3v) is 3.17. The lowest BCUT2D eigenvalue weighted by atomic mass is 9.88. The summed E-state index contributed by atoms with van der Waals surface area (Å²) in [6, 6.07) is 5.56. The SMILES string of the molecule is CNC1(c2ccc(Cl)cc2Cl)COC1. The molecule has 1 aromatic carbocycles. The predicted molar refractivity (Wildman–Crippen MR) is 58.0 cm³/mol. The molecule has 14 heavy (non-hydrogen) atoms. The van der Waals surface area contributed by atoms with Crippen molar-refractivity contribution in [3.05, 3.63) is 33.8 Å². The Morgan fingerprint density at radius 2 is 2.07 bits per heavy atom. The van der Waals surface area contributed by atoms with Gasteiger partial charge in [-0.2, -0.15) is 0 Å². The number of ether oxygens (including phenoxy) is 1. The van der Waals surface area contributed by atoms with Crippen molar-refractivity contribution in [3.8, 4) is 0 Å². The Bertz CT molecular complexity index is 344. The van der Waals surface area contributed by atoms with Crippen LogP contribution in [0.25, 0.3) is 0 Å². The highest BCUT2D eigenvalue weighted by molar-refractivity contribution is 6.35. The molecule has 0 bridgehead atoms. The zero-order valence-electron chi connectivity index (χ0n) is 7.81. The van der Waals surface area contributed by atoms with Crippen LogP contribution in [0.1, 0.15) is 5.56 Å². The van der Waals surface area contributed by atoms with Gasteiger partial charge in [0, 0.05) is 10.0 Å². The second-order valence-electron chi connectivity index (χ2n) is 3.45. The molecule has 2 rings (SSSR count). The average Bonchev–Trinajstić information content (AvgIpc) is 2.07. The molecule has 1 heterocycles. The van der Waals surface area contributed by atoms with Crippen molar-refractivity contribution in [2.75, 3.05) is 20.3 Å². The maximum atomic E-state index is 6.13. The van der Waals surface area contributed by atoms with E-state index in [1.807, 2.05) is 19.2 Å². The maximum Gasteiger partial charge on any atom is 0.0920 e. The first-order valence-electron chi connectivity index (χ1n) is 4.40. The molecule has 0 radical (unpaired) electrons. The maximum absolute atomic E-state index is 6.13. The minimum Gasteiger partial charge on any atom is -0.377 e. The third-order valence-electron chi connectivity index (χ3n) is 2.62. The molecule has 0 spiro atoms. The number of nitrogens with one attached hydrogen (secondary N) is 1. The number of benzene rings is 1. The van der Waals surface area contributed by atoms with Crippen molar-refractivity contribution in [1.82, 2.24) is 5.32 Å². The van der Waals surface area contributed by atoms with Crippen LogP contribution in [0.4, 0.5) is 0 Å². The molecule has 1 aliphatic rings. The lowest BCUT2D eigenvalue weighted by Gasteiger charge is -2.42. The molecule has 1 aromatic rings. The summed E-state index contributed by atoms with van der Waals surface area (Å²) in [6.45, 7) is 1.32. The van der Waals surface area contributed by atoms with Crippen LogP contribution in [-0.4, -0.2) is 20.3 Å². The smallest absolute Gasteiger partial charge is 0.0920 e. The van der Waals surface area contributed by atoms with Crippen molar-refractivity contribution >= 4 is 23.2 Å². The Morgan fingerprint density at radius 3 is 2.50 bits per heavy atom. The van der Waals surface area contributed by atoms with Crippen LogP contribution >= 0.6 is 23.2 Å². The van der Waals surface area contributed by atoms with Crippen LogP contribution in [0, 0.1) is 0 Å². The van der Waals surface area contributed by atoms with Crippen LogP contribution in [0.5, 0.6) is 0 Å². The molecular formula is C10H11Cl2NO. The van der Waals surface area contributed by atoms with Crippen LogP contribution in [0.15, 0.2) is 18.2 Å². The van der Waals surface area contributed by atoms with Crippen molar-refractivity contribution in [3.63, 3.8) is 0 Å². The van der Waals surface area contributed by atoms with Gasteiger partial charge in [0.2, 0.25) is 0 Å². The Hall–Kier alpha value is -0.280. The summed E-state index contributed by atoms with van der Waals surface area (Å²) in [5.41, 5.74) is 0.930. The molecule has 0 aliphatic carbocycles. The number of halogens is 2. The summed E-state index contributed by atoms with van der Waals surface area (Å²) in [5, 5.41) is 4.59. The van der Waals surface area contributed by atoms with Gasteiger partial charge in [0.25, 0.3) is 0 Å². The number of hydrogen-bond acceptors (Lipinski definition) is 2. The summed E-state index contributed by atoms with van der Waals surface area (Å²) in [7, 11) is 1.91. The molecule has 0 amide bonds. The molecule has 1 aliphatic heterocycles.